The van der Waals surface area contributed by atoms with Crippen molar-refractivity contribution in [2.24, 2.45) is 0 Å². The molecule has 0 saturated heterocycles. The van der Waals surface area contributed by atoms with Crippen molar-refractivity contribution in [3.05, 3.63) is 30.3 Å². The van der Waals surface area contributed by atoms with Gasteiger partial charge in [-0.1, -0.05) is 0 Å². The van der Waals surface area contributed by atoms with Gasteiger partial charge >= 0.3 is 5.79 Å². The van der Waals surface area contributed by atoms with E-state index in [1.54, 1.807) is 0 Å². The molecule has 0 rings (SSSR count). The quantitative estimate of drug-likeness (QED) is 0.222. The summed E-state index contributed by atoms with van der Waals surface area (Å²) in [6.07, 6.45) is 0.184. The summed E-state index contributed by atoms with van der Waals surface area (Å²) in [7, 11) is 0. The molecular weight excluding hydrogens is 228 g/mol. The van der Waals surface area contributed by atoms with Crippen molar-refractivity contribution in [3.63, 3.8) is 0 Å². The third-order valence-electron chi connectivity index (χ3n) is 1.75. The fourth-order valence-electron chi connectivity index (χ4n) is 0.854. The minimum Gasteiger partial charge on any atom is -0.396 e. The summed E-state index contributed by atoms with van der Waals surface area (Å²) in [6, 6.07) is 0. The average Bonchev–Trinajstić information content (AvgIpc) is 2.16. The van der Waals surface area contributed by atoms with E-state index >= 15 is 0 Å². The Bertz CT molecular complexity index is 256. The third kappa shape index (κ3) is 2.80. The van der Waals surface area contributed by atoms with E-state index in [2.05, 4.69) is 5.32 Å². The number of aliphatic hydroxyl groups is 1. The van der Waals surface area contributed by atoms with Gasteiger partial charge in [-0.3, -0.25) is 35.7 Å². The van der Waals surface area contributed by atoms with Crippen molar-refractivity contribution < 1.29 is 19.9 Å². The minimum absolute atomic E-state index is 0.00771. The zero-order valence-electron chi connectivity index (χ0n) is 8.07. The van der Waals surface area contributed by atoms with E-state index in [4.69, 9.17) is 5.11 Å². The molecular formula is C5H10N4O7. The predicted octanol–water partition coefficient (Wildman–Crippen LogP) is -1.56. The van der Waals surface area contributed by atoms with Gasteiger partial charge in [0.05, 0.1) is 0 Å². The first kappa shape index (κ1) is 14.1. The van der Waals surface area contributed by atoms with Crippen LogP contribution in [0.1, 0.15) is 6.42 Å². The molecule has 0 aliphatic heterocycles. The number of nitrogens with one attached hydrogen (secondary N) is 1. The zero-order valence-corrected chi connectivity index (χ0v) is 8.07. The second kappa shape index (κ2) is 5.87. The van der Waals surface area contributed by atoms with E-state index in [9.17, 15) is 30.3 Å². The van der Waals surface area contributed by atoms with Crippen LogP contribution in [0.5, 0.6) is 0 Å². The minimum atomic E-state index is -3.48. The summed E-state index contributed by atoms with van der Waals surface area (Å²) in [5, 5.41) is 41.8. The number of hydrogen-bond donors (Lipinski definition) is 2. The van der Waals surface area contributed by atoms with Gasteiger partial charge in [-0.15, -0.1) is 0 Å². The molecule has 16 heavy (non-hydrogen) atoms. The van der Waals surface area contributed by atoms with Crippen LogP contribution in [0.4, 0.5) is 0 Å². The van der Waals surface area contributed by atoms with Crippen LogP contribution in [0.25, 0.3) is 0 Å². The SMILES string of the molecule is O=[N+]([O-])C(CNCCCO)([N+](=O)[O-])[N+](=O)[O-]. The van der Waals surface area contributed by atoms with Crippen molar-refractivity contribution in [2.45, 2.75) is 12.2 Å². The Morgan fingerprint density at radius 1 is 1.06 bits per heavy atom. The Morgan fingerprint density at radius 2 is 1.50 bits per heavy atom. The first-order valence-electron chi connectivity index (χ1n) is 4.14. The van der Waals surface area contributed by atoms with Crippen LogP contribution in [-0.4, -0.2) is 45.4 Å². The summed E-state index contributed by atoms with van der Waals surface area (Å²) >= 11 is 0. The fourth-order valence-corrected chi connectivity index (χ4v) is 0.854. The molecule has 92 valence electrons. The molecule has 0 aliphatic carbocycles. The van der Waals surface area contributed by atoms with E-state index in [1.807, 2.05) is 0 Å². The maximum Gasteiger partial charge on any atom is 0.712 e. The van der Waals surface area contributed by atoms with Crippen LogP contribution < -0.4 is 5.32 Å². The van der Waals surface area contributed by atoms with Crippen LogP contribution >= 0.6 is 0 Å². The van der Waals surface area contributed by atoms with Crippen molar-refractivity contribution in [3.8, 4) is 0 Å². The highest BCUT2D eigenvalue weighted by Crippen LogP contribution is 2.10. The molecule has 0 bridgehead atoms. The highest BCUT2D eigenvalue weighted by molar-refractivity contribution is 4.58. The first-order valence-corrected chi connectivity index (χ1v) is 4.14. The van der Waals surface area contributed by atoms with Crippen LogP contribution in [0.15, 0.2) is 0 Å². The van der Waals surface area contributed by atoms with E-state index in [0.29, 0.717) is 0 Å². The maximum absolute atomic E-state index is 10.4. The molecule has 0 spiro atoms. The van der Waals surface area contributed by atoms with E-state index in [1.165, 1.54) is 0 Å². The smallest absolute Gasteiger partial charge is 0.396 e. The van der Waals surface area contributed by atoms with E-state index < -0.39 is 27.1 Å². The molecule has 2 N–H and O–H groups in total. The van der Waals surface area contributed by atoms with Crippen molar-refractivity contribution in [1.29, 1.82) is 0 Å². The summed E-state index contributed by atoms with van der Waals surface area (Å²) in [6.45, 7) is -1.26. The van der Waals surface area contributed by atoms with Gasteiger partial charge in [0.15, 0.2) is 14.8 Å². The lowest BCUT2D eigenvalue weighted by atomic mass is 10.3. The molecule has 11 nitrogen and oxygen atoms in total. The number of nitro groups is 3. The summed E-state index contributed by atoms with van der Waals surface area (Å²) in [5.41, 5.74) is 0. The number of nitrogens with zero attached hydrogens (tertiary/aromatic N) is 3. The lowest BCUT2D eigenvalue weighted by Crippen LogP contribution is -2.59. The van der Waals surface area contributed by atoms with Gasteiger partial charge in [0.2, 0.25) is 6.54 Å². The zero-order chi connectivity index (χ0) is 12.8. The monoisotopic (exact) mass is 238 g/mol. The van der Waals surface area contributed by atoms with Gasteiger partial charge in [0, 0.05) is 6.61 Å². The Morgan fingerprint density at radius 3 is 1.81 bits per heavy atom. The second-order valence-corrected chi connectivity index (χ2v) is 2.80. The van der Waals surface area contributed by atoms with Gasteiger partial charge in [-0.25, -0.2) is 0 Å². The molecule has 0 unspecified atom stereocenters. The molecule has 0 heterocycles. The van der Waals surface area contributed by atoms with Gasteiger partial charge in [0.25, 0.3) is 0 Å². The van der Waals surface area contributed by atoms with Crippen LogP contribution in [0.3, 0.4) is 0 Å². The molecule has 0 amide bonds. The molecule has 0 aliphatic rings. The van der Waals surface area contributed by atoms with Crippen LogP contribution in [-0.2, 0) is 0 Å². The van der Waals surface area contributed by atoms with Gasteiger partial charge in [-0.2, -0.15) is 0 Å². The Kier molecular flexibility index (Phi) is 5.18. The van der Waals surface area contributed by atoms with E-state index in [0.717, 1.165) is 0 Å². The molecule has 0 radical (unpaired) electrons. The summed E-state index contributed by atoms with van der Waals surface area (Å²) < 4.78 is 0. The topological polar surface area (TPSA) is 162 Å². The molecule has 11 heteroatoms. The number of aliphatic hydroxyl groups excluding tert-OH is 1. The number of hydrogen-bond acceptors (Lipinski definition) is 8. The van der Waals surface area contributed by atoms with Crippen molar-refractivity contribution in [2.75, 3.05) is 19.7 Å². The maximum atomic E-state index is 10.4. The van der Waals surface area contributed by atoms with Gasteiger partial charge < -0.3 is 5.11 Å². The second-order valence-electron chi connectivity index (χ2n) is 2.80. The summed E-state index contributed by atoms with van der Waals surface area (Å²) in [5.74, 6) is -3.48. The normalized spacial score (nSPS) is 11.1. The Labute approximate surface area is 88.5 Å². The standard InChI is InChI=1S/C5H10N4O7/c10-3-1-2-6-4-5(7(11)12,8(13)14)9(15)16/h6,10H,1-4H2. The molecule has 0 atom stereocenters. The van der Waals surface area contributed by atoms with Crippen molar-refractivity contribution >= 4 is 0 Å². The predicted molar refractivity (Wildman–Crippen MR) is 48.3 cm³/mol. The van der Waals surface area contributed by atoms with Gasteiger partial charge in [-0.05, 0) is 13.0 Å². The van der Waals surface area contributed by atoms with Gasteiger partial charge in [0.1, 0.15) is 0 Å². The lowest BCUT2D eigenvalue weighted by Gasteiger charge is -2.09. The van der Waals surface area contributed by atoms with Crippen LogP contribution in [0, 0.1) is 30.3 Å². The Balaban J connectivity index is 4.72. The molecule has 0 aromatic carbocycles. The highest BCUT2D eigenvalue weighted by atomic mass is 16.7. The molecule has 0 fully saturated rings. The first-order chi connectivity index (χ1) is 7.39. The highest BCUT2D eigenvalue weighted by Gasteiger charge is 2.69. The summed E-state index contributed by atoms with van der Waals surface area (Å²) in [4.78, 5) is 26.5. The molecule has 0 aromatic rings. The molecule has 0 saturated carbocycles. The number of rotatable bonds is 8. The fraction of sp³-hybridized carbons (Fsp3) is 1.00. The van der Waals surface area contributed by atoms with Crippen LogP contribution in [0.2, 0.25) is 0 Å². The lowest BCUT2D eigenvalue weighted by molar-refractivity contribution is -0.966. The van der Waals surface area contributed by atoms with Crippen molar-refractivity contribution in [1.82, 2.24) is 5.32 Å². The van der Waals surface area contributed by atoms with E-state index in [-0.39, 0.29) is 19.6 Å². The molecule has 0 aromatic heterocycles. The average molecular weight is 238 g/mol. The Hall–Kier alpha value is -1.88. The third-order valence-corrected chi connectivity index (χ3v) is 1.75. The largest absolute Gasteiger partial charge is 0.712 e.